The van der Waals surface area contributed by atoms with Crippen molar-refractivity contribution in [2.45, 2.75) is 52.0 Å². The normalized spacial score (nSPS) is 14.1. The number of alkyl carbamates (subject to hydrolysis) is 1. The van der Waals surface area contributed by atoms with Gasteiger partial charge < -0.3 is 15.2 Å². The summed E-state index contributed by atoms with van der Waals surface area (Å²) in [6.45, 7) is 7.09. The van der Waals surface area contributed by atoms with Crippen LogP contribution in [0, 0.1) is 0 Å². The van der Waals surface area contributed by atoms with E-state index in [0.29, 0.717) is 6.61 Å². The first-order valence-electron chi connectivity index (χ1n) is 7.72. The van der Waals surface area contributed by atoms with Crippen LogP contribution < -0.4 is 5.32 Å². The van der Waals surface area contributed by atoms with Gasteiger partial charge in [-0.05, 0) is 33.3 Å². The van der Waals surface area contributed by atoms with Gasteiger partial charge in [0.1, 0.15) is 11.6 Å². The highest BCUT2D eigenvalue weighted by atomic mass is 16.7. The average Bonchev–Trinajstić information content (AvgIpc) is 2.48. The van der Waals surface area contributed by atoms with Gasteiger partial charge in [-0.15, -0.1) is 0 Å². The number of hydroxylamine groups is 2. The molecule has 1 aromatic rings. The zero-order valence-corrected chi connectivity index (χ0v) is 14.8. The third-order valence-corrected chi connectivity index (χ3v) is 3.27. The number of amides is 1. The van der Waals surface area contributed by atoms with Gasteiger partial charge in [0.2, 0.25) is 0 Å². The fraction of sp³-hybridized carbons (Fsp3) is 0.529. The Labute approximate surface area is 142 Å². The Hall–Kier alpha value is -2.12. The molecule has 1 amide bonds. The van der Waals surface area contributed by atoms with E-state index in [1.807, 2.05) is 30.3 Å². The molecule has 0 radical (unpaired) electrons. The summed E-state index contributed by atoms with van der Waals surface area (Å²) in [6.07, 6.45) is -0.779. The minimum atomic E-state index is -1.17. The molecule has 7 heteroatoms. The topological polar surface area (TPSA) is 88.1 Å². The van der Waals surface area contributed by atoms with Crippen molar-refractivity contribution >= 4 is 12.1 Å². The van der Waals surface area contributed by atoms with Crippen molar-refractivity contribution in [3.8, 4) is 0 Å². The number of carboxylic acids is 1. The molecular weight excluding hydrogens is 312 g/mol. The fourth-order valence-corrected chi connectivity index (χ4v) is 1.90. The summed E-state index contributed by atoms with van der Waals surface area (Å²) < 4.78 is 5.10. The molecule has 0 aliphatic carbocycles. The van der Waals surface area contributed by atoms with Crippen molar-refractivity contribution in [3.63, 3.8) is 0 Å². The van der Waals surface area contributed by atoms with E-state index in [-0.39, 0.29) is 0 Å². The Morgan fingerprint density at radius 3 is 2.33 bits per heavy atom. The molecule has 134 valence electrons. The minimum absolute atomic E-state index is 0.306. The second kappa shape index (κ2) is 8.65. The number of likely N-dealkylation sites (N-methyl/N-ethyl adjacent to an activating group) is 1. The smallest absolute Gasteiger partial charge is 0.408 e. The first-order valence-corrected chi connectivity index (χ1v) is 7.72. The lowest BCUT2D eigenvalue weighted by atomic mass is 10.1. The number of ether oxygens (including phenoxy) is 1. The molecule has 0 heterocycles. The largest absolute Gasteiger partial charge is 0.480 e. The van der Waals surface area contributed by atoms with Crippen LogP contribution in [0.5, 0.6) is 0 Å². The van der Waals surface area contributed by atoms with E-state index in [4.69, 9.17) is 9.57 Å². The van der Waals surface area contributed by atoms with Gasteiger partial charge in [-0.25, -0.2) is 9.59 Å². The van der Waals surface area contributed by atoms with E-state index < -0.39 is 29.7 Å². The number of carboxylic acid groups (broad SMARTS) is 1. The molecule has 0 aromatic heterocycles. The number of carbonyl (C=O) groups is 2. The lowest BCUT2D eigenvalue weighted by Crippen LogP contribution is -2.54. The van der Waals surface area contributed by atoms with Gasteiger partial charge in [0.25, 0.3) is 0 Å². The molecular formula is C17H26N2O5. The molecule has 1 aromatic carbocycles. The maximum Gasteiger partial charge on any atom is 0.408 e. The summed E-state index contributed by atoms with van der Waals surface area (Å²) in [6, 6.07) is 7.75. The van der Waals surface area contributed by atoms with Gasteiger partial charge in [0, 0.05) is 7.05 Å². The maximum atomic E-state index is 11.8. The molecule has 0 saturated carbocycles. The first kappa shape index (κ1) is 19.9. The quantitative estimate of drug-likeness (QED) is 0.742. The molecule has 2 atom stereocenters. The van der Waals surface area contributed by atoms with E-state index in [0.717, 1.165) is 5.56 Å². The van der Waals surface area contributed by atoms with E-state index >= 15 is 0 Å². The predicted molar refractivity (Wildman–Crippen MR) is 89.2 cm³/mol. The highest BCUT2D eigenvalue weighted by Crippen LogP contribution is 2.10. The second-order valence-corrected chi connectivity index (χ2v) is 6.51. The van der Waals surface area contributed by atoms with Gasteiger partial charge in [-0.1, -0.05) is 30.3 Å². The Morgan fingerprint density at radius 1 is 1.25 bits per heavy atom. The standard InChI is InChI=1S/C17H26N2O5/c1-12(19(5)23-11-13-9-7-6-8-10-13)14(15(20)21)18-16(22)24-17(2,3)4/h6-10,12,14H,11H2,1-5H3,(H,18,22)(H,20,21)/t12-,14-/m0/s1. The van der Waals surface area contributed by atoms with Crippen LogP contribution in [0.25, 0.3) is 0 Å². The average molecular weight is 338 g/mol. The lowest BCUT2D eigenvalue weighted by Gasteiger charge is -2.30. The third-order valence-electron chi connectivity index (χ3n) is 3.27. The fourth-order valence-electron chi connectivity index (χ4n) is 1.90. The van der Waals surface area contributed by atoms with E-state index in [1.165, 1.54) is 5.06 Å². The summed E-state index contributed by atoms with van der Waals surface area (Å²) in [5.41, 5.74) is 0.259. The number of aliphatic carboxylic acids is 1. The van der Waals surface area contributed by atoms with Gasteiger partial charge in [0.05, 0.1) is 12.6 Å². The van der Waals surface area contributed by atoms with E-state index in [1.54, 1.807) is 34.7 Å². The Balaban J connectivity index is 2.63. The van der Waals surface area contributed by atoms with Gasteiger partial charge in [-0.3, -0.25) is 4.84 Å². The van der Waals surface area contributed by atoms with Crippen molar-refractivity contribution in [2.75, 3.05) is 7.05 Å². The lowest BCUT2D eigenvalue weighted by molar-refractivity contribution is -0.185. The molecule has 0 spiro atoms. The molecule has 0 fully saturated rings. The summed E-state index contributed by atoms with van der Waals surface area (Å²) in [5, 5.41) is 13.2. The van der Waals surface area contributed by atoms with Gasteiger partial charge in [0.15, 0.2) is 0 Å². The van der Waals surface area contributed by atoms with Crippen molar-refractivity contribution in [2.24, 2.45) is 0 Å². The molecule has 0 aliphatic heterocycles. The second-order valence-electron chi connectivity index (χ2n) is 6.51. The highest BCUT2D eigenvalue weighted by molar-refractivity contribution is 5.80. The van der Waals surface area contributed by atoms with Crippen LogP contribution in [0.3, 0.4) is 0 Å². The Morgan fingerprint density at radius 2 is 1.83 bits per heavy atom. The van der Waals surface area contributed by atoms with Crippen LogP contribution in [0.4, 0.5) is 4.79 Å². The summed E-state index contributed by atoms with van der Waals surface area (Å²) in [4.78, 5) is 28.9. The molecule has 0 aliphatic rings. The third kappa shape index (κ3) is 6.97. The molecule has 0 saturated heterocycles. The molecule has 0 bridgehead atoms. The zero-order chi connectivity index (χ0) is 18.3. The number of hydrogen-bond acceptors (Lipinski definition) is 5. The predicted octanol–water partition coefficient (Wildman–Crippen LogP) is 2.42. The summed E-state index contributed by atoms with van der Waals surface area (Å²) in [5.74, 6) is -1.16. The summed E-state index contributed by atoms with van der Waals surface area (Å²) >= 11 is 0. The number of rotatable bonds is 7. The van der Waals surface area contributed by atoms with Gasteiger partial charge in [-0.2, -0.15) is 5.06 Å². The van der Waals surface area contributed by atoms with E-state index in [2.05, 4.69) is 5.32 Å². The van der Waals surface area contributed by atoms with Crippen LogP contribution in [0.1, 0.15) is 33.3 Å². The minimum Gasteiger partial charge on any atom is -0.480 e. The number of nitrogens with one attached hydrogen (secondary N) is 1. The molecule has 1 rings (SSSR count). The van der Waals surface area contributed by atoms with E-state index in [9.17, 15) is 14.7 Å². The zero-order valence-electron chi connectivity index (χ0n) is 14.8. The maximum absolute atomic E-state index is 11.8. The summed E-state index contributed by atoms with van der Waals surface area (Å²) in [7, 11) is 1.63. The highest BCUT2D eigenvalue weighted by Gasteiger charge is 2.31. The number of nitrogens with zero attached hydrogens (tertiary/aromatic N) is 1. The van der Waals surface area contributed by atoms with Crippen LogP contribution in [-0.2, 0) is 21.0 Å². The number of benzene rings is 1. The van der Waals surface area contributed by atoms with Crippen LogP contribution in [0.15, 0.2) is 30.3 Å². The number of hydrogen-bond donors (Lipinski definition) is 2. The van der Waals surface area contributed by atoms with Crippen molar-refractivity contribution < 1.29 is 24.3 Å². The van der Waals surface area contributed by atoms with Crippen molar-refractivity contribution in [1.82, 2.24) is 10.4 Å². The Kier molecular flexibility index (Phi) is 7.18. The molecule has 2 N–H and O–H groups in total. The van der Waals surface area contributed by atoms with Crippen molar-refractivity contribution in [1.29, 1.82) is 0 Å². The molecule has 7 nitrogen and oxygen atoms in total. The van der Waals surface area contributed by atoms with Gasteiger partial charge >= 0.3 is 12.1 Å². The van der Waals surface area contributed by atoms with Crippen LogP contribution in [0.2, 0.25) is 0 Å². The van der Waals surface area contributed by atoms with Crippen LogP contribution >= 0.6 is 0 Å². The Bertz CT molecular complexity index is 542. The monoisotopic (exact) mass is 338 g/mol. The van der Waals surface area contributed by atoms with Crippen LogP contribution in [-0.4, -0.2) is 47.0 Å². The first-order chi connectivity index (χ1) is 11.1. The number of carbonyl (C=O) groups excluding carboxylic acids is 1. The molecule has 0 unspecified atom stereocenters. The SMILES string of the molecule is C[C@@H]([C@H](NC(=O)OC(C)(C)C)C(=O)O)N(C)OCc1ccccc1. The van der Waals surface area contributed by atoms with Crippen molar-refractivity contribution in [3.05, 3.63) is 35.9 Å². The molecule has 24 heavy (non-hydrogen) atoms.